The van der Waals surface area contributed by atoms with Crippen molar-refractivity contribution >= 4 is 23.6 Å². The molecule has 0 aliphatic rings. The molecule has 0 atom stereocenters. The van der Waals surface area contributed by atoms with Crippen molar-refractivity contribution in [3.05, 3.63) is 53.9 Å². The Morgan fingerprint density at radius 3 is 2.64 bits per heavy atom. The lowest BCUT2D eigenvalue weighted by molar-refractivity contribution is -0.111. The van der Waals surface area contributed by atoms with E-state index in [-0.39, 0.29) is 11.9 Å². The maximum atomic E-state index is 11.8. The summed E-state index contributed by atoms with van der Waals surface area (Å²) < 4.78 is 6.55. The van der Waals surface area contributed by atoms with Gasteiger partial charge < -0.3 is 10.1 Å². The van der Waals surface area contributed by atoms with E-state index in [1.807, 2.05) is 7.05 Å². The third-order valence-electron chi connectivity index (χ3n) is 2.82. The number of nitrogens with one attached hydrogen (secondary N) is 1. The van der Waals surface area contributed by atoms with Gasteiger partial charge in [-0.15, -0.1) is 0 Å². The highest BCUT2D eigenvalue weighted by molar-refractivity contribution is 6.02. The molecule has 6 nitrogen and oxygen atoms in total. The number of rotatable bonds is 5. The highest BCUT2D eigenvalue weighted by Crippen LogP contribution is 2.11. The number of ether oxygens (including phenoxy) is 1. The predicted octanol–water partition coefficient (Wildman–Crippen LogP) is 2.25. The summed E-state index contributed by atoms with van der Waals surface area (Å²) in [6.45, 7) is 2.08. The summed E-state index contributed by atoms with van der Waals surface area (Å²) in [5.41, 5.74) is 1.90. The van der Waals surface area contributed by atoms with Gasteiger partial charge in [-0.2, -0.15) is 5.10 Å². The standard InChI is InChI=1S/C16H17N3O3/c1-3-22-16(21)13-5-7-14(8-6-13)18-15(20)9-4-12-10-17-19(2)11-12/h4-11H,3H2,1-2H3,(H,18,20)/b9-4+. The van der Waals surface area contributed by atoms with Crippen LogP contribution in [-0.4, -0.2) is 28.3 Å². The van der Waals surface area contributed by atoms with Gasteiger partial charge in [-0.1, -0.05) is 0 Å². The van der Waals surface area contributed by atoms with Crippen LogP contribution >= 0.6 is 0 Å². The van der Waals surface area contributed by atoms with Gasteiger partial charge in [-0.05, 0) is 37.3 Å². The first-order valence-corrected chi connectivity index (χ1v) is 6.83. The van der Waals surface area contributed by atoms with Crippen LogP contribution in [0, 0.1) is 0 Å². The highest BCUT2D eigenvalue weighted by atomic mass is 16.5. The van der Waals surface area contributed by atoms with Crippen LogP contribution in [0.25, 0.3) is 6.08 Å². The number of aryl methyl sites for hydroxylation is 1. The van der Waals surface area contributed by atoms with Crippen molar-refractivity contribution in [3.63, 3.8) is 0 Å². The molecular formula is C16H17N3O3. The zero-order chi connectivity index (χ0) is 15.9. The Morgan fingerprint density at radius 1 is 1.32 bits per heavy atom. The van der Waals surface area contributed by atoms with Gasteiger partial charge in [0.1, 0.15) is 0 Å². The summed E-state index contributed by atoms with van der Waals surface area (Å²) in [6.07, 6.45) is 6.57. The zero-order valence-electron chi connectivity index (χ0n) is 12.4. The number of aromatic nitrogens is 2. The number of esters is 1. The van der Waals surface area contributed by atoms with Crippen LogP contribution in [-0.2, 0) is 16.6 Å². The number of anilines is 1. The van der Waals surface area contributed by atoms with Crippen LogP contribution in [0.5, 0.6) is 0 Å². The minimum Gasteiger partial charge on any atom is -0.462 e. The van der Waals surface area contributed by atoms with Crippen molar-refractivity contribution in [2.24, 2.45) is 7.05 Å². The van der Waals surface area contributed by atoms with Crippen LogP contribution in [0.1, 0.15) is 22.8 Å². The molecule has 0 fully saturated rings. The van der Waals surface area contributed by atoms with Crippen LogP contribution in [0.15, 0.2) is 42.7 Å². The molecule has 0 unspecified atom stereocenters. The maximum absolute atomic E-state index is 11.8. The molecule has 0 bridgehead atoms. The molecule has 1 aromatic carbocycles. The van der Waals surface area contributed by atoms with Crippen molar-refractivity contribution in [2.45, 2.75) is 6.92 Å². The Bertz CT molecular complexity index is 687. The van der Waals surface area contributed by atoms with Gasteiger partial charge in [-0.3, -0.25) is 9.48 Å². The van der Waals surface area contributed by atoms with Crippen molar-refractivity contribution in [3.8, 4) is 0 Å². The minimum absolute atomic E-state index is 0.257. The molecular weight excluding hydrogens is 282 g/mol. The molecule has 1 amide bonds. The zero-order valence-corrected chi connectivity index (χ0v) is 12.4. The summed E-state index contributed by atoms with van der Waals surface area (Å²) in [6, 6.07) is 6.53. The molecule has 1 aromatic heterocycles. The van der Waals surface area contributed by atoms with E-state index in [1.54, 1.807) is 54.3 Å². The summed E-state index contributed by atoms with van der Waals surface area (Å²) >= 11 is 0. The molecule has 0 aliphatic carbocycles. The number of hydrogen-bond acceptors (Lipinski definition) is 4. The first-order valence-electron chi connectivity index (χ1n) is 6.83. The van der Waals surface area contributed by atoms with E-state index in [4.69, 9.17) is 4.74 Å². The second kappa shape index (κ2) is 7.21. The van der Waals surface area contributed by atoms with E-state index in [0.717, 1.165) is 5.56 Å². The largest absolute Gasteiger partial charge is 0.462 e. The average Bonchev–Trinajstić information content (AvgIpc) is 2.92. The SMILES string of the molecule is CCOC(=O)c1ccc(NC(=O)/C=C/c2cnn(C)c2)cc1. The normalized spacial score (nSPS) is 10.6. The lowest BCUT2D eigenvalue weighted by Crippen LogP contribution is -2.08. The van der Waals surface area contributed by atoms with Gasteiger partial charge in [0.15, 0.2) is 0 Å². The molecule has 0 spiro atoms. The number of carbonyl (C=O) groups excluding carboxylic acids is 2. The Balaban J connectivity index is 1.94. The number of carbonyl (C=O) groups is 2. The first kappa shape index (κ1) is 15.5. The topological polar surface area (TPSA) is 73.2 Å². The fourth-order valence-corrected chi connectivity index (χ4v) is 1.79. The van der Waals surface area contributed by atoms with Gasteiger partial charge >= 0.3 is 5.97 Å². The number of amides is 1. The number of benzene rings is 1. The Hall–Kier alpha value is -2.89. The fourth-order valence-electron chi connectivity index (χ4n) is 1.79. The summed E-state index contributed by atoms with van der Waals surface area (Å²) in [5, 5.41) is 6.72. The summed E-state index contributed by atoms with van der Waals surface area (Å²) in [7, 11) is 1.81. The predicted molar refractivity (Wildman–Crippen MR) is 83.3 cm³/mol. The van der Waals surface area contributed by atoms with Crippen LogP contribution < -0.4 is 5.32 Å². The van der Waals surface area contributed by atoms with Crippen molar-refractivity contribution in [1.29, 1.82) is 0 Å². The molecule has 1 heterocycles. The van der Waals surface area contributed by atoms with E-state index in [9.17, 15) is 9.59 Å². The smallest absolute Gasteiger partial charge is 0.338 e. The molecule has 0 saturated heterocycles. The minimum atomic E-state index is -0.378. The molecule has 0 aliphatic heterocycles. The molecule has 114 valence electrons. The fraction of sp³-hybridized carbons (Fsp3) is 0.188. The highest BCUT2D eigenvalue weighted by Gasteiger charge is 2.06. The number of hydrogen-bond donors (Lipinski definition) is 1. The van der Waals surface area contributed by atoms with Crippen molar-refractivity contribution in [1.82, 2.24) is 9.78 Å². The van der Waals surface area contributed by atoms with E-state index in [0.29, 0.717) is 17.9 Å². The van der Waals surface area contributed by atoms with E-state index >= 15 is 0 Å². The van der Waals surface area contributed by atoms with Crippen LogP contribution in [0.3, 0.4) is 0 Å². The molecule has 2 aromatic rings. The van der Waals surface area contributed by atoms with Crippen molar-refractivity contribution < 1.29 is 14.3 Å². The molecule has 0 saturated carbocycles. The van der Waals surface area contributed by atoms with Gasteiger partial charge in [0.25, 0.3) is 0 Å². The lowest BCUT2D eigenvalue weighted by Gasteiger charge is -2.04. The van der Waals surface area contributed by atoms with Crippen LogP contribution in [0.2, 0.25) is 0 Å². The molecule has 1 N–H and O–H groups in total. The van der Waals surface area contributed by atoms with Gasteiger partial charge in [0.05, 0.1) is 18.4 Å². The molecule has 22 heavy (non-hydrogen) atoms. The Kier molecular flexibility index (Phi) is 5.08. The van der Waals surface area contributed by atoms with Crippen molar-refractivity contribution in [2.75, 3.05) is 11.9 Å². The second-order valence-electron chi connectivity index (χ2n) is 4.57. The van der Waals surface area contributed by atoms with Gasteiger partial charge in [-0.25, -0.2) is 4.79 Å². The summed E-state index contributed by atoms with van der Waals surface area (Å²) in [5.74, 6) is -0.635. The third-order valence-corrected chi connectivity index (χ3v) is 2.82. The monoisotopic (exact) mass is 299 g/mol. The van der Waals surface area contributed by atoms with E-state index in [1.165, 1.54) is 6.08 Å². The van der Waals surface area contributed by atoms with E-state index in [2.05, 4.69) is 10.4 Å². The maximum Gasteiger partial charge on any atom is 0.338 e. The molecule has 6 heteroatoms. The lowest BCUT2D eigenvalue weighted by atomic mass is 10.2. The second-order valence-corrected chi connectivity index (χ2v) is 4.57. The van der Waals surface area contributed by atoms with Gasteiger partial charge in [0, 0.05) is 30.6 Å². The van der Waals surface area contributed by atoms with Gasteiger partial charge in [0.2, 0.25) is 5.91 Å². The first-order chi connectivity index (χ1) is 10.6. The Morgan fingerprint density at radius 2 is 2.05 bits per heavy atom. The molecule has 0 radical (unpaired) electrons. The number of nitrogens with zero attached hydrogens (tertiary/aromatic N) is 2. The summed E-state index contributed by atoms with van der Waals surface area (Å²) in [4.78, 5) is 23.3. The quantitative estimate of drug-likeness (QED) is 0.679. The Labute approximate surface area is 128 Å². The average molecular weight is 299 g/mol. The molecule has 2 rings (SSSR count). The van der Waals surface area contributed by atoms with E-state index < -0.39 is 0 Å². The third kappa shape index (κ3) is 4.31. The van der Waals surface area contributed by atoms with Crippen LogP contribution in [0.4, 0.5) is 5.69 Å².